The van der Waals surface area contributed by atoms with Crippen LogP contribution in [0.3, 0.4) is 0 Å². The number of thioether (sulfide) groups is 1. The van der Waals surface area contributed by atoms with Crippen LogP contribution in [0.4, 0.5) is 5.82 Å². The molecule has 1 rings (SSSR count). The van der Waals surface area contributed by atoms with Crippen molar-refractivity contribution in [2.45, 2.75) is 25.1 Å². The number of rotatable bonds is 6. The molecule has 0 aliphatic rings. The summed E-state index contributed by atoms with van der Waals surface area (Å²) in [6, 6.07) is 3.01. The maximum atomic E-state index is 10.5. The lowest BCUT2D eigenvalue weighted by atomic mass is 10.2. The van der Waals surface area contributed by atoms with Gasteiger partial charge in [0.2, 0.25) is 0 Å². The Hall–Kier alpha value is -1.27. The Morgan fingerprint density at radius 3 is 2.88 bits per heavy atom. The first-order chi connectivity index (χ1) is 7.99. The number of nitrogens with two attached hydrogens (primary N) is 2. The van der Waals surface area contributed by atoms with Gasteiger partial charge in [0, 0.05) is 5.75 Å². The van der Waals surface area contributed by atoms with E-state index in [9.17, 15) is 4.79 Å². The maximum absolute atomic E-state index is 10.5. The van der Waals surface area contributed by atoms with Gasteiger partial charge in [-0.3, -0.25) is 4.79 Å². The highest BCUT2D eigenvalue weighted by Gasteiger charge is 2.10. The standard InChI is InChI=1S/C11H17N3O2S/c1-7-4-8(14-10(13)5-7)6-17-3-2-9(12)11(15)16/h4-5,9H,2-3,6,12H2,1H3,(H2,13,14)(H,15,16)/t9-/m1/s1. The summed E-state index contributed by atoms with van der Waals surface area (Å²) in [5.41, 5.74) is 13.0. The zero-order valence-electron chi connectivity index (χ0n) is 9.72. The molecular formula is C11H17N3O2S. The minimum absolute atomic E-state index is 0.460. The van der Waals surface area contributed by atoms with Gasteiger partial charge < -0.3 is 16.6 Å². The predicted octanol–water partition coefficient (Wildman–Crippen LogP) is 1.01. The van der Waals surface area contributed by atoms with Crippen LogP contribution >= 0.6 is 11.8 Å². The van der Waals surface area contributed by atoms with Crippen LogP contribution in [0.5, 0.6) is 0 Å². The van der Waals surface area contributed by atoms with E-state index in [1.165, 1.54) is 0 Å². The molecule has 0 amide bonds. The average Bonchev–Trinajstić information content (AvgIpc) is 2.22. The van der Waals surface area contributed by atoms with Crippen molar-refractivity contribution in [2.75, 3.05) is 11.5 Å². The van der Waals surface area contributed by atoms with E-state index < -0.39 is 12.0 Å². The highest BCUT2D eigenvalue weighted by atomic mass is 32.2. The molecule has 0 aliphatic heterocycles. The number of nitrogens with zero attached hydrogens (tertiary/aromatic N) is 1. The van der Waals surface area contributed by atoms with E-state index >= 15 is 0 Å². The molecule has 1 aromatic heterocycles. The minimum Gasteiger partial charge on any atom is -0.480 e. The smallest absolute Gasteiger partial charge is 0.320 e. The Labute approximate surface area is 105 Å². The second-order valence-corrected chi connectivity index (χ2v) is 4.95. The first-order valence-electron chi connectivity index (χ1n) is 5.28. The molecule has 17 heavy (non-hydrogen) atoms. The molecular weight excluding hydrogens is 238 g/mol. The molecule has 1 heterocycles. The fourth-order valence-electron chi connectivity index (χ4n) is 1.35. The number of carboxylic acids is 1. The van der Waals surface area contributed by atoms with E-state index in [2.05, 4.69) is 4.98 Å². The van der Waals surface area contributed by atoms with Gasteiger partial charge in [-0.1, -0.05) is 0 Å². The number of aliphatic carboxylic acids is 1. The van der Waals surface area contributed by atoms with E-state index in [0.717, 1.165) is 17.0 Å². The number of hydrogen-bond acceptors (Lipinski definition) is 5. The molecule has 0 fully saturated rings. The maximum Gasteiger partial charge on any atom is 0.320 e. The lowest BCUT2D eigenvalue weighted by Gasteiger charge is -2.06. The van der Waals surface area contributed by atoms with Crippen LogP contribution in [-0.2, 0) is 10.5 Å². The molecule has 0 saturated heterocycles. The molecule has 0 saturated carbocycles. The Bertz CT molecular complexity index is 378. The van der Waals surface area contributed by atoms with Crippen LogP contribution in [0.15, 0.2) is 12.1 Å². The Morgan fingerprint density at radius 2 is 2.29 bits per heavy atom. The van der Waals surface area contributed by atoms with Crippen molar-refractivity contribution in [1.29, 1.82) is 0 Å². The number of nitrogen functional groups attached to an aromatic ring is 1. The van der Waals surface area contributed by atoms with Gasteiger partial charge in [-0.25, -0.2) is 4.98 Å². The van der Waals surface area contributed by atoms with Crippen LogP contribution < -0.4 is 11.5 Å². The van der Waals surface area contributed by atoms with Crippen molar-refractivity contribution in [3.8, 4) is 0 Å². The third-order valence-corrected chi connectivity index (χ3v) is 3.21. The topological polar surface area (TPSA) is 102 Å². The molecule has 6 heteroatoms. The molecule has 0 unspecified atom stereocenters. The molecule has 0 spiro atoms. The summed E-state index contributed by atoms with van der Waals surface area (Å²) < 4.78 is 0. The fourth-order valence-corrected chi connectivity index (χ4v) is 2.27. The van der Waals surface area contributed by atoms with Crippen LogP contribution in [0.1, 0.15) is 17.7 Å². The fraction of sp³-hybridized carbons (Fsp3) is 0.455. The summed E-state index contributed by atoms with van der Waals surface area (Å²) in [5, 5.41) is 8.61. The number of hydrogen-bond donors (Lipinski definition) is 3. The molecule has 5 nitrogen and oxygen atoms in total. The second kappa shape index (κ2) is 6.46. The van der Waals surface area contributed by atoms with E-state index in [1.54, 1.807) is 11.8 Å². The lowest BCUT2D eigenvalue weighted by molar-refractivity contribution is -0.138. The molecule has 0 bridgehead atoms. The predicted molar refractivity (Wildman–Crippen MR) is 69.8 cm³/mol. The molecule has 94 valence electrons. The van der Waals surface area contributed by atoms with Crippen molar-refractivity contribution in [3.63, 3.8) is 0 Å². The first-order valence-corrected chi connectivity index (χ1v) is 6.43. The summed E-state index contributed by atoms with van der Waals surface area (Å²) in [5.74, 6) is 0.979. The minimum atomic E-state index is -0.955. The zero-order valence-corrected chi connectivity index (χ0v) is 10.5. The highest BCUT2D eigenvalue weighted by molar-refractivity contribution is 7.98. The lowest BCUT2D eigenvalue weighted by Crippen LogP contribution is -2.30. The number of carboxylic acid groups (broad SMARTS) is 1. The number of aromatic nitrogens is 1. The SMILES string of the molecule is Cc1cc(N)nc(CSCC[C@@H](N)C(=O)O)c1. The van der Waals surface area contributed by atoms with Gasteiger partial charge in [0.15, 0.2) is 0 Å². The van der Waals surface area contributed by atoms with Gasteiger partial charge in [0.05, 0.1) is 5.69 Å². The van der Waals surface area contributed by atoms with E-state index in [1.807, 2.05) is 19.1 Å². The van der Waals surface area contributed by atoms with Crippen molar-refractivity contribution in [2.24, 2.45) is 5.73 Å². The van der Waals surface area contributed by atoms with Crippen LogP contribution in [0.2, 0.25) is 0 Å². The summed E-state index contributed by atoms with van der Waals surface area (Å²) in [4.78, 5) is 14.7. The van der Waals surface area contributed by atoms with Gasteiger partial charge in [0.25, 0.3) is 0 Å². The van der Waals surface area contributed by atoms with Crippen molar-refractivity contribution in [1.82, 2.24) is 4.98 Å². The summed E-state index contributed by atoms with van der Waals surface area (Å²) >= 11 is 1.61. The Kier molecular flexibility index (Phi) is 5.24. The van der Waals surface area contributed by atoms with Gasteiger partial charge >= 0.3 is 5.97 Å². The monoisotopic (exact) mass is 255 g/mol. The number of carbonyl (C=O) groups is 1. The third kappa shape index (κ3) is 5.06. The second-order valence-electron chi connectivity index (χ2n) is 3.85. The van der Waals surface area contributed by atoms with Gasteiger partial charge in [-0.05, 0) is 36.8 Å². The normalized spacial score (nSPS) is 12.4. The van der Waals surface area contributed by atoms with E-state index in [4.69, 9.17) is 16.6 Å². The number of anilines is 1. The highest BCUT2D eigenvalue weighted by Crippen LogP contribution is 2.14. The summed E-state index contributed by atoms with van der Waals surface area (Å²) in [7, 11) is 0. The van der Waals surface area contributed by atoms with Crippen molar-refractivity contribution < 1.29 is 9.90 Å². The largest absolute Gasteiger partial charge is 0.480 e. The van der Waals surface area contributed by atoms with Crippen LogP contribution in [-0.4, -0.2) is 27.9 Å². The molecule has 1 aromatic rings. The van der Waals surface area contributed by atoms with Gasteiger partial charge in [0.1, 0.15) is 11.9 Å². The quantitative estimate of drug-likeness (QED) is 0.656. The zero-order chi connectivity index (χ0) is 12.8. The Balaban J connectivity index is 2.33. The van der Waals surface area contributed by atoms with Gasteiger partial charge in [-0.2, -0.15) is 11.8 Å². The summed E-state index contributed by atoms with van der Waals surface area (Å²) in [6.45, 7) is 1.96. The molecule has 5 N–H and O–H groups in total. The molecule has 0 radical (unpaired) electrons. The molecule has 0 aliphatic carbocycles. The Morgan fingerprint density at radius 1 is 1.59 bits per heavy atom. The number of aryl methyl sites for hydroxylation is 1. The van der Waals surface area contributed by atoms with E-state index in [-0.39, 0.29) is 0 Å². The van der Waals surface area contributed by atoms with E-state index in [0.29, 0.717) is 18.0 Å². The molecule has 0 aromatic carbocycles. The van der Waals surface area contributed by atoms with Crippen LogP contribution in [0, 0.1) is 6.92 Å². The third-order valence-electron chi connectivity index (χ3n) is 2.18. The van der Waals surface area contributed by atoms with Crippen molar-refractivity contribution in [3.05, 3.63) is 23.4 Å². The first kappa shape index (κ1) is 13.8. The average molecular weight is 255 g/mol. The van der Waals surface area contributed by atoms with Crippen molar-refractivity contribution >= 4 is 23.5 Å². The summed E-state index contributed by atoms with van der Waals surface area (Å²) in [6.07, 6.45) is 0.460. The number of pyridine rings is 1. The molecule has 1 atom stereocenters. The van der Waals surface area contributed by atoms with Crippen LogP contribution in [0.25, 0.3) is 0 Å². The van der Waals surface area contributed by atoms with Gasteiger partial charge in [-0.15, -0.1) is 0 Å².